The number of hydrogen-bond acceptors (Lipinski definition) is 2. The van der Waals surface area contributed by atoms with Crippen LogP contribution in [0.5, 0.6) is 0 Å². The zero-order valence-electron chi connectivity index (χ0n) is 9.44. The molecule has 0 unspecified atom stereocenters. The lowest BCUT2D eigenvalue weighted by atomic mass is 10.1. The molecule has 94 valence electrons. The molecule has 1 N–H and O–H groups in total. The third-order valence-corrected chi connectivity index (χ3v) is 2.35. The molecule has 2 rings (SSSR count). The second-order valence-corrected chi connectivity index (χ2v) is 3.73. The average Bonchev–Trinajstić information content (AvgIpc) is 2.80. The van der Waals surface area contributed by atoms with Crippen molar-refractivity contribution in [2.75, 3.05) is 6.54 Å². The summed E-state index contributed by atoms with van der Waals surface area (Å²) in [6.07, 6.45) is 4.73. The number of nitrogens with one attached hydrogen (secondary N) is 1. The maximum Gasteiger partial charge on any atom is 0.326 e. The van der Waals surface area contributed by atoms with Gasteiger partial charge in [-0.15, -0.1) is 0 Å². The lowest BCUT2D eigenvalue weighted by molar-refractivity contribution is 0.242. The molecule has 0 fully saturated rings. The van der Waals surface area contributed by atoms with E-state index < -0.39 is 11.6 Å². The summed E-state index contributed by atoms with van der Waals surface area (Å²) < 4.78 is 27.1. The summed E-state index contributed by atoms with van der Waals surface area (Å²) in [5.74, 6) is -1.24. The van der Waals surface area contributed by atoms with Gasteiger partial charge in [-0.3, -0.25) is 4.57 Å². The van der Waals surface area contributed by atoms with Crippen LogP contribution in [0.2, 0.25) is 0 Å². The average molecular weight is 251 g/mol. The standard InChI is InChI=1S/C12H11F2N3O/c13-10-5-9(6-11(14)7-10)1-2-16-12(18)17-4-3-15-8-17/h3-8H,1-2H2,(H,16,18). The first-order chi connectivity index (χ1) is 8.65. The fourth-order valence-corrected chi connectivity index (χ4v) is 1.54. The van der Waals surface area contributed by atoms with Crippen LogP contribution in [0, 0.1) is 11.6 Å². The molecule has 2 aromatic rings. The van der Waals surface area contributed by atoms with Gasteiger partial charge in [0.2, 0.25) is 0 Å². The Morgan fingerprint density at radius 2 is 2.00 bits per heavy atom. The number of carbonyl (C=O) groups excluding carboxylic acids is 1. The Balaban J connectivity index is 1.87. The number of carbonyl (C=O) groups is 1. The van der Waals surface area contributed by atoms with Gasteiger partial charge >= 0.3 is 6.03 Å². The number of amides is 1. The summed E-state index contributed by atoms with van der Waals surface area (Å²) in [5.41, 5.74) is 0.499. The maximum atomic E-state index is 12.9. The number of benzene rings is 1. The van der Waals surface area contributed by atoms with Crippen LogP contribution >= 0.6 is 0 Å². The summed E-state index contributed by atoms with van der Waals surface area (Å²) in [7, 11) is 0. The number of aromatic nitrogens is 2. The monoisotopic (exact) mass is 251 g/mol. The first-order valence-corrected chi connectivity index (χ1v) is 5.36. The smallest absolute Gasteiger partial charge is 0.326 e. The van der Waals surface area contributed by atoms with Crippen LogP contribution in [0.3, 0.4) is 0 Å². The molecule has 1 aromatic carbocycles. The molecule has 0 aliphatic rings. The summed E-state index contributed by atoms with van der Waals surface area (Å²) in [4.78, 5) is 15.2. The third kappa shape index (κ3) is 3.13. The number of hydrogen-bond donors (Lipinski definition) is 1. The molecule has 4 nitrogen and oxygen atoms in total. The van der Waals surface area contributed by atoms with E-state index in [-0.39, 0.29) is 6.03 Å². The van der Waals surface area contributed by atoms with Gasteiger partial charge in [-0.2, -0.15) is 0 Å². The van der Waals surface area contributed by atoms with Crippen molar-refractivity contribution in [3.05, 3.63) is 54.1 Å². The van der Waals surface area contributed by atoms with Crippen molar-refractivity contribution in [3.63, 3.8) is 0 Å². The molecule has 1 heterocycles. The molecule has 18 heavy (non-hydrogen) atoms. The predicted octanol–water partition coefficient (Wildman–Crippen LogP) is 1.96. The molecule has 0 aliphatic carbocycles. The van der Waals surface area contributed by atoms with Crippen LogP contribution in [0.4, 0.5) is 13.6 Å². The summed E-state index contributed by atoms with van der Waals surface area (Å²) >= 11 is 0. The Bertz CT molecular complexity index is 520. The van der Waals surface area contributed by atoms with Gasteiger partial charge in [0.15, 0.2) is 0 Å². The molecule has 0 saturated heterocycles. The van der Waals surface area contributed by atoms with Crippen molar-refractivity contribution in [2.45, 2.75) is 6.42 Å². The summed E-state index contributed by atoms with van der Waals surface area (Å²) in [5, 5.41) is 2.61. The van der Waals surface area contributed by atoms with Crippen LogP contribution in [-0.4, -0.2) is 22.1 Å². The van der Waals surface area contributed by atoms with Crippen molar-refractivity contribution in [3.8, 4) is 0 Å². The van der Waals surface area contributed by atoms with Gasteiger partial charge in [-0.25, -0.2) is 18.6 Å². The summed E-state index contributed by atoms with van der Waals surface area (Å²) in [6, 6.07) is 2.97. The Morgan fingerprint density at radius 1 is 1.28 bits per heavy atom. The first-order valence-electron chi connectivity index (χ1n) is 5.36. The van der Waals surface area contributed by atoms with Crippen molar-refractivity contribution in [1.82, 2.24) is 14.9 Å². The second-order valence-electron chi connectivity index (χ2n) is 3.73. The molecular formula is C12H11F2N3O. The van der Waals surface area contributed by atoms with E-state index in [0.717, 1.165) is 6.07 Å². The molecule has 0 aliphatic heterocycles. The topological polar surface area (TPSA) is 46.9 Å². The molecular weight excluding hydrogens is 240 g/mol. The maximum absolute atomic E-state index is 12.9. The van der Waals surface area contributed by atoms with Gasteiger partial charge in [-0.1, -0.05) is 0 Å². The fourth-order valence-electron chi connectivity index (χ4n) is 1.54. The van der Waals surface area contributed by atoms with Crippen molar-refractivity contribution in [1.29, 1.82) is 0 Å². The number of nitrogens with zero attached hydrogens (tertiary/aromatic N) is 2. The van der Waals surface area contributed by atoms with Gasteiger partial charge < -0.3 is 5.32 Å². The van der Waals surface area contributed by atoms with Gasteiger partial charge in [0, 0.05) is 25.0 Å². The number of imidazole rings is 1. The normalized spacial score (nSPS) is 10.3. The minimum atomic E-state index is -0.620. The minimum Gasteiger partial charge on any atom is -0.337 e. The lowest BCUT2D eigenvalue weighted by Crippen LogP contribution is -2.29. The van der Waals surface area contributed by atoms with Gasteiger partial charge in [0.05, 0.1) is 0 Å². The third-order valence-electron chi connectivity index (χ3n) is 2.35. The van der Waals surface area contributed by atoms with Gasteiger partial charge in [0.25, 0.3) is 0 Å². The van der Waals surface area contributed by atoms with E-state index in [1.54, 1.807) is 0 Å². The molecule has 6 heteroatoms. The van der Waals surface area contributed by atoms with Crippen LogP contribution in [0.25, 0.3) is 0 Å². The Hall–Kier alpha value is -2.24. The predicted molar refractivity (Wildman–Crippen MR) is 61.1 cm³/mol. The van der Waals surface area contributed by atoms with E-state index >= 15 is 0 Å². The highest BCUT2D eigenvalue weighted by Crippen LogP contribution is 2.08. The molecule has 0 radical (unpaired) electrons. The summed E-state index contributed by atoms with van der Waals surface area (Å²) in [6.45, 7) is 0.292. The Morgan fingerprint density at radius 3 is 2.61 bits per heavy atom. The first kappa shape index (κ1) is 12.2. The quantitative estimate of drug-likeness (QED) is 0.906. The molecule has 1 amide bonds. The van der Waals surface area contributed by atoms with Crippen LogP contribution in [-0.2, 0) is 6.42 Å². The highest BCUT2D eigenvalue weighted by molar-refractivity contribution is 5.76. The van der Waals surface area contributed by atoms with E-state index in [1.165, 1.54) is 35.4 Å². The van der Waals surface area contributed by atoms with Gasteiger partial charge in [-0.05, 0) is 24.1 Å². The van der Waals surface area contributed by atoms with Crippen molar-refractivity contribution >= 4 is 6.03 Å². The largest absolute Gasteiger partial charge is 0.337 e. The van der Waals surface area contributed by atoms with Crippen molar-refractivity contribution in [2.24, 2.45) is 0 Å². The fraction of sp³-hybridized carbons (Fsp3) is 0.167. The number of rotatable bonds is 3. The number of halogens is 2. The zero-order chi connectivity index (χ0) is 13.0. The van der Waals surface area contributed by atoms with E-state index in [9.17, 15) is 13.6 Å². The molecule has 0 atom stereocenters. The van der Waals surface area contributed by atoms with E-state index in [2.05, 4.69) is 10.3 Å². The van der Waals surface area contributed by atoms with E-state index in [4.69, 9.17) is 0 Å². The molecule has 0 bridgehead atoms. The highest BCUT2D eigenvalue weighted by Gasteiger charge is 2.04. The molecule has 1 aromatic heterocycles. The minimum absolute atomic E-state index is 0.292. The van der Waals surface area contributed by atoms with Gasteiger partial charge in [0.1, 0.15) is 18.0 Å². The Labute approximate surface area is 102 Å². The van der Waals surface area contributed by atoms with E-state index in [0.29, 0.717) is 18.5 Å². The van der Waals surface area contributed by atoms with Crippen molar-refractivity contribution < 1.29 is 13.6 Å². The van der Waals surface area contributed by atoms with Crippen LogP contribution < -0.4 is 5.32 Å². The lowest BCUT2D eigenvalue weighted by Gasteiger charge is -2.05. The molecule has 0 spiro atoms. The zero-order valence-corrected chi connectivity index (χ0v) is 9.44. The van der Waals surface area contributed by atoms with Crippen LogP contribution in [0.1, 0.15) is 5.56 Å². The van der Waals surface area contributed by atoms with E-state index in [1.807, 2.05) is 0 Å². The Kier molecular flexibility index (Phi) is 3.66. The second kappa shape index (κ2) is 5.39. The SMILES string of the molecule is O=C(NCCc1cc(F)cc(F)c1)n1ccnc1. The highest BCUT2D eigenvalue weighted by atomic mass is 19.1. The molecule has 0 saturated carbocycles. The van der Waals surface area contributed by atoms with Crippen LogP contribution in [0.15, 0.2) is 36.9 Å².